The van der Waals surface area contributed by atoms with Crippen LogP contribution in [0.2, 0.25) is 0 Å². The fraction of sp³-hybridized carbons (Fsp3) is 0.500. The van der Waals surface area contributed by atoms with E-state index in [1.54, 1.807) is 24.3 Å². The molecule has 1 aliphatic rings. The van der Waals surface area contributed by atoms with Crippen LogP contribution in [0.1, 0.15) is 19.8 Å². The first-order chi connectivity index (χ1) is 13.2. The van der Waals surface area contributed by atoms with Crippen molar-refractivity contribution < 1.29 is 27.2 Å². The third-order valence-electron chi connectivity index (χ3n) is 4.87. The van der Waals surface area contributed by atoms with Gasteiger partial charge in [0.2, 0.25) is 0 Å². The molecule has 9 nitrogen and oxygen atoms in total. The van der Waals surface area contributed by atoms with Gasteiger partial charge >= 0.3 is 11.7 Å². The number of oxazole rings is 1. The molecule has 0 saturated carbocycles. The molecule has 1 fully saturated rings. The van der Waals surface area contributed by atoms with Gasteiger partial charge in [0.05, 0.1) is 23.4 Å². The van der Waals surface area contributed by atoms with Gasteiger partial charge in [0.1, 0.15) is 0 Å². The van der Waals surface area contributed by atoms with Gasteiger partial charge in [-0.25, -0.2) is 13.2 Å². The van der Waals surface area contributed by atoms with Crippen molar-refractivity contribution in [2.75, 3.05) is 18.6 Å². The molecule has 1 amide bonds. The Labute approximate surface area is 161 Å². The maximum absolute atomic E-state index is 12.4. The predicted octanol–water partition coefficient (Wildman–Crippen LogP) is 0.562. The molecule has 0 aliphatic carbocycles. The molecule has 0 spiro atoms. The lowest BCUT2D eigenvalue weighted by molar-refractivity contribution is -0.159. The van der Waals surface area contributed by atoms with Crippen LogP contribution in [0, 0.1) is 0 Å². The van der Waals surface area contributed by atoms with E-state index in [1.807, 2.05) is 0 Å². The van der Waals surface area contributed by atoms with Gasteiger partial charge in [0.25, 0.3) is 5.91 Å². The van der Waals surface area contributed by atoms with Gasteiger partial charge in [0, 0.05) is 19.6 Å². The summed E-state index contributed by atoms with van der Waals surface area (Å²) in [7, 11) is -1.61. The molecule has 0 bridgehead atoms. The molecule has 0 unspecified atom stereocenters. The molecule has 0 N–H and O–H groups in total. The van der Waals surface area contributed by atoms with Crippen LogP contribution in [0.5, 0.6) is 0 Å². The summed E-state index contributed by atoms with van der Waals surface area (Å²) in [6, 6.07) is 6.46. The number of aryl methyl sites for hydroxylation is 1. The maximum Gasteiger partial charge on any atom is 0.419 e. The van der Waals surface area contributed by atoms with Crippen molar-refractivity contribution in [2.24, 2.45) is 0 Å². The number of carbonyl (C=O) groups is 2. The van der Waals surface area contributed by atoms with Crippen molar-refractivity contribution in [2.45, 2.75) is 38.5 Å². The van der Waals surface area contributed by atoms with E-state index in [2.05, 4.69) is 0 Å². The quantitative estimate of drug-likeness (QED) is 0.639. The third-order valence-corrected chi connectivity index (χ3v) is 6.62. The number of ether oxygens (including phenoxy) is 1. The Morgan fingerprint density at radius 3 is 2.75 bits per heavy atom. The summed E-state index contributed by atoms with van der Waals surface area (Å²) >= 11 is 0. The highest BCUT2D eigenvalue weighted by molar-refractivity contribution is 7.91. The fourth-order valence-electron chi connectivity index (χ4n) is 3.28. The third kappa shape index (κ3) is 4.27. The first kappa shape index (κ1) is 20.1. The SMILES string of the molecule is C[C@@H](OC(=O)CCn1c(=O)oc2ccccc21)C(=O)N(C)[C@@H]1CCS(=O)(=O)C1. The Morgan fingerprint density at radius 2 is 2.07 bits per heavy atom. The lowest BCUT2D eigenvalue weighted by Crippen LogP contribution is -2.44. The second-order valence-corrected chi connectivity index (χ2v) is 9.10. The Kier molecular flexibility index (Phi) is 5.59. The van der Waals surface area contributed by atoms with E-state index in [0.29, 0.717) is 17.5 Å². The molecule has 2 heterocycles. The van der Waals surface area contributed by atoms with Gasteiger partial charge in [-0.2, -0.15) is 0 Å². The Hall–Kier alpha value is -2.62. The number of para-hydroxylation sites is 2. The highest BCUT2D eigenvalue weighted by atomic mass is 32.2. The highest BCUT2D eigenvalue weighted by Gasteiger charge is 2.34. The molecule has 2 atom stereocenters. The van der Waals surface area contributed by atoms with Gasteiger partial charge in [-0.3, -0.25) is 14.2 Å². The summed E-state index contributed by atoms with van der Waals surface area (Å²) in [4.78, 5) is 37.8. The van der Waals surface area contributed by atoms with Crippen LogP contribution < -0.4 is 5.76 Å². The average molecular weight is 410 g/mol. The smallest absolute Gasteiger partial charge is 0.419 e. The van der Waals surface area contributed by atoms with Crippen molar-refractivity contribution >= 4 is 32.8 Å². The first-order valence-electron chi connectivity index (χ1n) is 8.93. The van der Waals surface area contributed by atoms with E-state index in [9.17, 15) is 22.8 Å². The molecule has 1 aromatic heterocycles. The van der Waals surface area contributed by atoms with Gasteiger partial charge < -0.3 is 14.1 Å². The predicted molar refractivity (Wildman–Crippen MR) is 100 cm³/mol. The van der Waals surface area contributed by atoms with E-state index in [1.165, 1.54) is 23.4 Å². The summed E-state index contributed by atoms with van der Waals surface area (Å²) < 4.78 is 34.8. The zero-order chi connectivity index (χ0) is 20.5. The minimum absolute atomic E-state index is 0.0524. The number of aromatic nitrogens is 1. The lowest BCUT2D eigenvalue weighted by atomic mass is 10.2. The number of hydrogen-bond donors (Lipinski definition) is 0. The largest absolute Gasteiger partial charge is 0.452 e. The molecule has 1 aliphatic heterocycles. The van der Waals surface area contributed by atoms with Crippen LogP contribution >= 0.6 is 0 Å². The standard InChI is InChI=1S/C18H22N2O7S/c1-12(17(22)19(2)13-8-10-28(24,25)11-13)26-16(21)7-9-20-14-5-3-4-6-15(14)27-18(20)23/h3-6,12-13H,7-11H2,1-2H3/t12-,13-/m1/s1. The van der Waals surface area contributed by atoms with E-state index in [0.717, 1.165) is 0 Å². The lowest BCUT2D eigenvalue weighted by Gasteiger charge is -2.26. The van der Waals surface area contributed by atoms with E-state index < -0.39 is 39.6 Å². The number of sulfone groups is 1. The maximum atomic E-state index is 12.4. The molecular formula is C18H22N2O7S. The average Bonchev–Trinajstić information content (AvgIpc) is 3.17. The monoisotopic (exact) mass is 410 g/mol. The molecule has 10 heteroatoms. The molecule has 1 saturated heterocycles. The Bertz CT molecular complexity index is 1050. The van der Waals surface area contributed by atoms with Crippen LogP contribution in [0.4, 0.5) is 0 Å². The molecule has 3 rings (SSSR count). The van der Waals surface area contributed by atoms with Gasteiger partial charge in [-0.05, 0) is 25.5 Å². The van der Waals surface area contributed by atoms with Crippen LogP contribution in [0.15, 0.2) is 33.5 Å². The second kappa shape index (κ2) is 7.78. The summed E-state index contributed by atoms with van der Waals surface area (Å²) in [6.45, 7) is 1.51. The van der Waals surface area contributed by atoms with Gasteiger partial charge in [0.15, 0.2) is 21.5 Å². The van der Waals surface area contributed by atoms with Crippen molar-refractivity contribution in [1.82, 2.24) is 9.47 Å². The van der Waals surface area contributed by atoms with Crippen molar-refractivity contribution in [3.05, 3.63) is 34.8 Å². The second-order valence-electron chi connectivity index (χ2n) is 6.88. The number of hydrogen-bond acceptors (Lipinski definition) is 7. The van der Waals surface area contributed by atoms with Gasteiger partial charge in [-0.15, -0.1) is 0 Å². The van der Waals surface area contributed by atoms with Crippen molar-refractivity contribution in [3.63, 3.8) is 0 Å². The molecule has 28 heavy (non-hydrogen) atoms. The minimum Gasteiger partial charge on any atom is -0.452 e. The number of rotatable bonds is 6. The zero-order valence-corrected chi connectivity index (χ0v) is 16.5. The van der Waals surface area contributed by atoms with Crippen LogP contribution in [0.3, 0.4) is 0 Å². The highest BCUT2D eigenvalue weighted by Crippen LogP contribution is 2.18. The summed E-state index contributed by atoms with van der Waals surface area (Å²) in [5, 5.41) is 0. The summed E-state index contributed by atoms with van der Waals surface area (Å²) in [6.07, 6.45) is -0.775. The van der Waals surface area contributed by atoms with Gasteiger partial charge in [-0.1, -0.05) is 12.1 Å². The topological polar surface area (TPSA) is 116 Å². The number of amides is 1. The minimum atomic E-state index is -3.12. The molecule has 152 valence electrons. The molecular weight excluding hydrogens is 388 g/mol. The molecule has 2 aromatic rings. The van der Waals surface area contributed by atoms with Crippen LogP contribution in [-0.2, 0) is 30.7 Å². The summed E-state index contributed by atoms with van der Waals surface area (Å²) in [5.74, 6) is -1.68. The van der Waals surface area contributed by atoms with E-state index >= 15 is 0 Å². The summed E-state index contributed by atoms with van der Waals surface area (Å²) in [5.41, 5.74) is 1.00. The normalized spacial score (nSPS) is 19.4. The van der Waals surface area contributed by atoms with E-state index in [-0.39, 0.29) is 24.5 Å². The first-order valence-corrected chi connectivity index (χ1v) is 10.7. The Balaban J connectivity index is 1.56. The molecule has 0 radical (unpaired) electrons. The molecule has 1 aromatic carbocycles. The number of carbonyl (C=O) groups excluding carboxylic acids is 2. The zero-order valence-electron chi connectivity index (χ0n) is 15.7. The van der Waals surface area contributed by atoms with Crippen LogP contribution in [0.25, 0.3) is 11.1 Å². The van der Waals surface area contributed by atoms with Crippen LogP contribution in [-0.4, -0.2) is 60.5 Å². The van der Waals surface area contributed by atoms with Crippen molar-refractivity contribution in [3.8, 4) is 0 Å². The fourth-order valence-corrected chi connectivity index (χ4v) is 5.06. The number of nitrogens with zero attached hydrogens (tertiary/aromatic N) is 2. The van der Waals surface area contributed by atoms with E-state index in [4.69, 9.17) is 9.15 Å². The van der Waals surface area contributed by atoms with Crippen molar-refractivity contribution in [1.29, 1.82) is 0 Å². The number of likely N-dealkylation sites (N-methyl/N-ethyl adjacent to an activating group) is 1. The Morgan fingerprint density at radius 1 is 1.36 bits per heavy atom. The number of esters is 1. The number of benzene rings is 1. The number of fused-ring (bicyclic) bond motifs is 1.